The molecule has 0 saturated carbocycles. The summed E-state index contributed by atoms with van der Waals surface area (Å²) in [6.45, 7) is 1.46. The third-order valence-electron chi connectivity index (χ3n) is 2.31. The van der Waals surface area contributed by atoms with Gasteiger partial charge in [-0.25, -0.2) is 0 Å². The van der Waals surface area contributed by atoms with Gasteiger partial charge in [-0.2, -0.15) is 26.3 Å². The predicted octanol–water partition coefficient (Wildman–Crippen LogP) is 4.07. The molecule has 0 aromatic heterocycles. The van der Waals surface area contributed by atoms with Gasteiger partial charge in [0.25, 0.3) is 0 Å². The second-order valence-electron chi connectivity index (χ2n) is 3.73. The van der Waals surface area contributed by atoms with E-state index in [9.17, 15) is 26.3 Å². The molecule has 0 aliphatic heterocycles. The van der Waals surface area contributed by atoms with E-state index in [1.165, 1.54) is 13.1 Å². The zero-order chi connectivity index (χ0) is 15.6. The first kappa shape index (κ1) is 16.1. The van der Waals surface area contributed by atoms with E-state index in [0.29, 0.717) is 12.1 Å². The Morgan fingerprint density at radius 1 is 1.00 bits per heavy atom. The standard InChI is InChI=1S/C12H10F6N2/c1-2-20-10(6-19)7-3-8(11(13,14)15)5-9(4-7)12(16,17)18/h2-6H,19H2,1H3/b10-6-,20-2-. The average Bonchev–Trinajstić information content (AvgIpc) is 2.33. The van der Waals surface area contributed by atoms with E-state index in [1.807, 2.05) is 0 Å². The number of halogens is 6. The molecular formula is C12H10F6N2. The van der Waals surface area contributed by atoms with Gasteiger partial charge in [-0.15, -0.1) is 0 Å². The van der Waals surface area contributed by atoms with Crippen LogP contribution in [0.4, 0.5) is 26.3 Å². The van der Waals surface area contributed by atoms with Gasteiger partial charge < -0.3 is 5.73 Å². The van der Waals surface area contributed by atoms with Crippen LogP contribution in [0.2, 0.25) is 0 Å². The molecule has 0 aliphatic carbocycles. The number of nitrogens with two attached hydrogens (primary N) is 1. The van der Waals surface area contributed by atoms with Crippen molar-refractivity contribution in [2.24, 2.45) is 10.7 Å². The van der Waals surface area contributed by atoms with Crippen LogP contribution < -0.4 is 5.73 Å². The molecule has 0 radical (unpaired) electrons. The summed E-state index contributed by atoms with van der Waals surface area (Å²) in [7, 11) is 0. The molecule has 0 heterocycles. The second-order valence-corrected chi connectivity index (χ2v) is 3.73. The third kappa shape index (κ3) is 3.75. The van der Waals surface area contributed by atoms with E-state index in [1.54, 1.807) is 0 Å². The van der Waals surface area contributed by atoms with Crippen molar-refractivity contribution in [1.82, 2.24) is 0 Å². The van der Waals surface area contributed by atoms with Crippen molar-refractivity contribution < 1.29 is 26.3 Å². The van der Waals surface area contributed by atoms with Crippen molar-refractivity contribution in [3.05, 3.63) is 41.1 Å². The number of benzene rings is 1. The van der Waals surface area contributed by atoms with E-state index in [-0.39, 0.29) is 17.3 Å². The summed E-state index contributed by atoms with van der Waals surface area (Å²) in [4.78, 5) is 3.64. The Morgan fingerprint density at radius 2 is 1.45 bits per heavy atom. The van der Waals surface area contributed by atoms with Crippen molar-refractivity contribution in [2.45, 2.75) is 19.3 Å². The van der Waals surface area contributed by atoms with Gasteiger partial charge in [0.2, 0.25) is 0 Å². The molecule has 0 amide bonds. The number of hydrogen-bond acceptors (Lipinski definition) is 2. The summed E-state index contributed by atoms with van der Waals surface area (Å²) in [5, 5.41) is 0. The minimum atomic E-state index is -4.90. The molecule has 1 aromatic rings. The van der Waals surface area contributed by atoms with Crippen LogP contribution in [0.15, 0.2) is 29.4 Å². The smallest absolute Gasteiger partial charge is 0.403 e. The normalized spacial score (nSPS) is 14.1. The summed E-state index contributed by atoms with van der Waals surface area (Å²) in [6.07, 6.45) is -7.74. The second kappa shape index (κ2) is 5.56. The molecule has 0 saturated heterocycles. The molecule has 8 heteroatoms. The van der Waals surface area contributed by atoms with Crippen molar-refractivity contribution in [3.8, 4) is 0 Å². The van der Waals surface area contributed by atoms with Crippen LogP contribution in [-0.4, -0.2) is 6.21 Å². The van der Waals surface area contributed by atoms with E-state index in [0.717, 1.165) is 6.20 Å². The Hall–Kier alpha value is -1.99. The lowest BCUT2D eigenvalue weighted by molar-refractivity contribution is -0.143. The molecular weight excluding hydrogens is 286 g/mol. The summed E-state index contributed by atoms with van der Waals surface area (Å²) in [5.74, 6) is 0. The van der Waals surface area contributed by atoms with Crippen molar-refractivity contribution >= 4 is 11.9 Å². The van der Waals surface area contributed by atoms with E-state index >= 15 is 0 Å². The van der Waals surface area contributed by atoms with Crippen molar-refractivity contribution in [1.29, 1.82) is 0 Å². The molecule has 2 N–H and O–H groups in total. The molecule has 0 spiro atoms. The van der Waals surface area contributed by atoms with E-state index in [2.05, 4.69) is 4.99 Å². The van der Waals surface area contributed by atoms with Gasteiger partial charge in [0.05, 0.1) is 16.8 Å². The molecule has 1 aromatic carbocycles. The van der Waals surface area contributed by atoms with Crippen LogP contribution in [0.25, 0.3) is 5.70 Å². The van der Waals surface area contributed by atoms with Gasteiger partial charge in [-0.3, -0.25) is 4.99 Å². The average molecular weight is 296 g/mol. The first-order chi connectivity index (χ1) is 9.09. The summed E-state index contributed by atoms with van der Waals surface area (Å²) >= 11 is 0. The molecule has 0 atom stereocenters. The topological polar surface area (TPSA) is 38.4 Å². The van der Waals surface area contributed by atoms with Gasteiger partial charge in [-0.1, -0.05) is 0 Å². The van der Waals surface area contributed by atoms with Gasteiger partial charge in [0.15, 0.2) is 0 Å². The fourth-order valence-electron chi connectivity index (χ4n) is 1.46. The fourth-order valence-corrected chi connectivity index (χ4v) is 1.46. The van der Waals surface area contributed by atoms with Crippen LogP contribution >= 0.6 is 0 Å². The molecule has 110 valence electrons. The minimum absolute atomic E-state index is 0.0489. The van der Waals surface area contributed by atoms with Crippen LogP contribution in [0.5, 0.6) is 0 Å². The molecule has 20 heavy (non-hydrogen) atoms. The highest BCUT2D eigenvalue weighted by Crippen LogP contribution is 2.37. The van der Waals surface area contributed by atoms with Crippen LogP contribution in [-0.2, 0) is 12.4 Å². The monoisotopic (exact) mass is 296 g/mol. The predicted molar refractivity (Wildman–Crippen MR) is 62.8 cm³/mol. The Morgan fingerprint density at radius 3 is 1.75 bits per heavy atom. The summed E-state index contributed by atoms with van der Waals surface area (Å²) < 4.78 is 75.8. The highest BCUT2D eigenvalue weighted by molar-refractivity contribution is 5.73. The van der Waals surface area contributed by atoms with Crippen molar-refractivity contribution in [3.63, 3.8) is 0 Å². The summed E-state index contributed by atoms with van der Waals surface area (Å²) in [5.41, 5.74) is 1.82. The van der Waals surface area contributed by atoms with Gasteiger partial charge in [0.1, 0.15) is 0 Å². The van der Waals surface area contributed by atoms with Gasteiger partial charge in [0, 0.05) is 18.0 Å². The van der Waals surface area contributed by atoms with Gasteiger partial charge >= 0.3 is 12.4 Å². The van der Waals surface area contributed by atoms with Crippen LogP contribution in [0.3, 0.4) is 0 Å². The van der Waals surface area contributed by atoms with Gasteiger partial charge in [-0.05, 0) is 25.1 Å². The molecule has 2 nitrogen and oxygen atoms in total. The number of alkyl halides is 6. The molecule has 1 rings (SSSR count). The lowest BCUT2D eigenvalue weighted by atomic mass is 10.0. The number of nitrogens with zero attached hydrogens (tertiary/aromatic N) is 1. The Kier molecular flexibility index (Phi) is 4.46. The van der Waals surface area contributed by atoms with Crippen molar-refractivity contribution in [2.75, 3.05) is 0 Å². The van der Waals surface area contributed by atoms with Crippen LogP contribution in [0, 0.1) is 0 Å². The third-order valence-corrected chi connectivity index (χ3v) is 2.31. The van der Waals surface area contributed by atoms with E-state index in [4.69, 9.17) is 5.73 Å². The van der Waals surface area contributed by atoms with Crippen LogP contribution in [0.1, 0.15) is 23.6 Å². The minimum Gasteiger partial charge on any atom is -0.403 e. The quantitative estimate of drug-likeness (QED) is 0.648. The number of rotatable bonds is 2. The highest BCUT2D eigenvalue weighted by atomic mass is 19.4. The SMILES string of the molecule is C/C=N\C(=C/N)c1cc(C(F)(F)F)cc(C(F)(F)F)c1. The highest BCUT2D eigenvalue weighted by Gasteiger charge is 2.37. The first-order valence-electron chi connectivity index (χ1n) is 5.30. The number of hydrogen-bond donors (Lipinski definition) is 1. The molecule has 0 aliphatic rings. The Balaban J connectivity index is 3.54. The zero-order valence-electron chi connectivity index (χ0n) is 10.2. The lowest BCUT2D eigenvalue weighted by Gasteiger charge is -2.14. The fraction of sp³-hybridized carbons (Fsp3) is 0.250. The van der Waals surface area contributed by atoms with E-state index < -0.39 is 23.5 Å². The maximum absolute atomic E-state index is 12.6. The maximum atomic E-state index is 12.6. The number of aliphatic imine (C=N–C) groups is 1. The molecule has 0 bridgehead atoms. The lowest BCUT2D eigenvalue weighted by Crippen LogP contribution is -2.11. The largest absolute Gasteiger partial charge is 0.416 e. The Labute approximate surface area is 110 Å². The zero-order valence-corrected chi connectivity index (χ0v) is 10.2. The molecule has 0 fully saturated rings. The first-order valence-corrected chi connectivity index (χ1v) is 5.30. The molecule has 0 unspecified atom stereocenters. The summed E-state index contributed by atoms with van der Waals surface area (Å²) in [6, 6.07) is 1.19. The maximum Gasteiger partial charge on any atom is 0.416 e. The Bertz CT molecular complexity index is 508.